The van der Waals surface area contributed by atoms with E-state index in [0.29, 0.717) is 0 Å². The van der Waals surface area contributed by atoms with Crippen molar-refractivity contribution in [1.29, 1.82) is 0 Å². The van der Waals surface area contributed by atoms with E-state index in [1.54, 1.807) is 0 Å². The van der Waals surface area contributed by atoms with E-state index in [4.69, 9.17) is 0 Å². The molecule has 0 fully saturated rings. The summed E-state index contributed by atoms with van der Waals surface area (Å²) in [5.74, 6) is 0. The van der Waals surface area contributed by atoms with Crippen LogP contribution in [0, 0.1) is 41.5 Å². The molecule has 0 aliphatic carbocycles. The molecule has 2 rings (SSSR count). The third kappa shape index (κ3) is 6.93. The van der Waals surface area contributed by atoms with Gasteiger partial charge in [0.1, 0.15) is 0 Å². The Hall–Kier alpha value is 0.163. The molecular weight excluding hydrogens is 354 g/mol. The maximum atomic E-state index is 2.16. The van der Waals surface area contributed by atoms with Crippen molar-refractivity contribution in [3.63, 3.8) is 0 Å². The summed E-state index contributed by atoms with van der Waals surface area (Å²) in [6, 6.07) is 8.63. The number of halogens is 2. The van der Waals surface area contributed by atoms with Gasteiger partial charge >= 0.3 is 26.2 Å². The molecule has 0 unspecified atom stereocenters. The fourth-order valence-electron chi connectivity index (χ4n) is 1.62. The van der Waals surface area contributed by atoms with Crippen molar-refractivity contribution in [2.75, 3.05) is 0 Å². The molecule has 0 aliphatic rings. The van der Waals surface area contributed by atoms with Gasteiger partial charge in [-0.15, -0.1) is 0 Å². The van der Waals surface area contributed by atoms with Crippen LogP contribution >= 0.6 is 0 Å². The Kier molecular flexibility index (Phi) is 13.9. The largest absolute Gasteiger partial charge is 4.00 e. The number of rotatable bonds is 0. The summed E-state index contributed by atoms with van der Waals surface area (Å²) < 4.78 is 0. The molecule has 2 aromatic rings. The fourth-order valence-corrected chi connectivity index (χ4v) is 1.62. The van der Waals surface area contributed by atoms with E-state index in [-0.39, 0.29) is 51.0 Å². The van der Waals surface area contributed by atoms with E-state index >= 15 is 0 Å². The monoisotopic (exact) mass is 374 g/mol. The van der Waals surface area contributed by atoms with E-state index in [0.717, 1.165) is 0 Å². The summed E-state index contributed by atoms with van der Waals surface area (Å²) in [6.45, 7) is 12.9. The third-order valence-corrected chi connectivity index (χ3v) is 3.53. The second-order valence-electron chi connectivity index (χ2n) is 4.65. The van der Waals surface area contributed by atoms with Gasteiger partial charge in [-0.2, -0.15) is 45.5 Å². The van der Waals surface area contributed by atoms with Gasteiger partial charge in [-0.25, -0.2) is 12.1 Å². The van der Waals surface area contributed by atoms with Gasteiger partial charge in [0.05, 0.1) is 0 Å². The molecule has 0 saturated carbocycles. The predicted molar refractivity (Wildman–Crippen MR) is 72.5 cm³/mol. The molecule has 0 bridgehead atoms. The van der Waals surface area contributed by atoms with Gasteiger partial charge in [0.2, 0.25) is 0 Å². The van der Waals surface area contributed by atoms with Crippen molar-refractivity contribution in [3.8, 4) is 0 Å². The fraction of sp³-hybridized carbons (Fsp3) is 0.375. The molecule has 104 valence electrons. The van der Waals surface area contributed by atoms with Crippen LogP contribution in [0.15, 0.2) is 24.3 Å². The van der Waals surface area contributed by atoms with Crippen LogP contribution in [0.3, 0.4) is 0 Å². The van der Waals surface area contributed by atoms with Crippen LogP contribution in [0.4, 0.5) is 0 Å². The normalized spacial score (nSPS) is 8.32. The van der Waals surface area contributed by atoms with Crippen LogP contribution in [0.1, 0.15) is 33.4 Å². The topological polar surface area (TPSA) is 0 Å². The SMILES string of the molecule is Cc1cc[c-](C)c1C.Cc1cc[c-](C)c1C.[Cl-].[Cl-].[Zr+4]. The minimum Gasteiger partial charge on any atom is -1.00 e. The molecular formula is C16H22Cl2Zr. The molecule has 0 radical (unpaired) electrons. The third-order valence-electron chi connectivity index (χ3n) is 3.53. The van der Waals surface area contributed by atoms with E-state index < -0.39 is 0 Å². The Bertz CT molecular complexity index is 384. The van der Waals surface area contributed by atoms with Crippen molar-refractivity contribution in [2.24, 2.45) is 0 Å². The van der Waals surface area contributed by atoms with E-state index in [1.165, 1.54) is 33.4 Å². The smallest absolute Gasteiger partial charge is 1.00 e. The van der Waals surface area contributed by atoms with Crippen LogP contribution in [0.2, 0.25) is 0 Å². The maximum Gasteiger partial charge on any atom is 4.00 e. The standard InChI is InChI=1S/2C8H11.2ClH.Zr/c2*1-6-4-5-7(2)8(6)3;;;/h2*4-5H,1-3H3;2*1H;/q2*-1;;;+4/p-2. The molecule has 2 aromatic carbocycles. The van der Waals surface area contributed by atoms with E-state index in [1.807, 2.05) is 0 Å². The van der Waals surface area contributed by atoms with Crippen molar-refractivity contribution < 1.29 is 51.0 Å². The first-order valence-electron chi connectivity index (χ1n) is 5.82. The van der Waals surface area contributed by atoms with Gasteiger partial charge in [-0.1, -0.05) is 41.5 Å². The minimum atomic E-state index is 0. The zero-order chi connectivity index (χ0) is 12.3. The van der Waals surface area contributed by atoms with Gasteiger partial charge in [-0.3, -0.25) is 0 Å². The Morgan fingerprint density at radius 3 is 1.00 bits per heavy atom. The first-order valence-corrected chi connectivity index (χ1v) is 5.82. The quantitative estimate of drug-likeness (QED) is 0.500. The molecule has 19 heavy (non-hydrogen) atoms. The first-order chi connectivity index (χ1) is 7.43. The Morgan fingerprint density at radius 2 is 0.947 bits per heavy atom. The molecule has 0 aromatic heterocycles. The Balaban J connectivity index is -0.000000233. The molecule has 0 spiro atoms. The first kappa shape index (κ1) is 24.2. The molecule has 0 heterocycles. The number of aryl methyl sites for hydroxylation is 4. The van der Waals surface area contributed by atoms with E-state index in [9.17, 15) is 0 Å². The minimum absolute atomic E-state index is 0. The Labute approximate surface area is 149 Å². The van der Waals surface area contributed by atoms with Crippen LogP contribution in [-0.4, -0.2) is 0 Å². The van der Waals surface area contributed by atoms with Gasteiger partial charge < -0.3 is 24.8 Å². The molecule has 0 aliphatic heterocycles. The van der Waals surface area contributed by atoms with Gasteiger partial charge in [0.15, 0.2) is 0 Å². The maximum absolute atomic E-state index is 2.16. The Morgan fingerprint density at radius 1 is 0.684 bits per heavy atom. The molecule has 0 nitrogen and oxygen atoms in total. The van der Waals surface area contributed by atoms with Crippen LogP contribution in [0.5, 0.6) is 0 Å². The number of hydrogen-bond donors (Lipinski definition) is 0. The van der Waals surface area contributed by atoms with Crippen molar-refractivity contribution >= 4 is 0 Å². The average molecular weight is 376 g/mol. The van der Waals surface area contributed by atoms with Crippen molar-refractivity contribution in [2.45, 2.75) is 41.5 Å². The van der Waals surface area contributed by atoms with Crippen LogP contribution in [0.25, 0.3) is 0 Å². The summed E-state index contributed by atoms with van der Waals surface area (Å²) in [6.07, 6.45) is 0. The molecule has 3 heteroatoms. The average Bonchev–Trinajstić information content (AvgIpc) is 2.70. The van der Waals surface area contributed by atoms with Gasteiger partial charge in [-0.05, 0) is 0 Å². The zero-order valence-electron chi connectivity index (χ0n) is 12.6. The molecule has 0 N–H and O–H groups in total. The predicted octanol–water partition coefficient (Wildman–Crippen LogP) is -1.33. The second-order valence-corrected chi connectivity index (χ2v) is 4.65. The summed E-state index contributed by atoms with van der Waals surface area (Å²) in [7, 11) is 0. The summed E-state index contributed by atoms with van der Waals surface area (Å²) in [5.41, 5.74) is 8.49. The molecule has 0 amide bonds. The van der Waals surface area contributed by atoms with Crippen molar-refractivity contribution in [1.82, 2.24) is 0 Å². The van der Waals surface area contributed by atoms with Gasteiger partial charge in [0, 0.05) is 0 Å². The number of hydrogen-bond acceptors (Lipinski definition) is 0. The second kappa shape index (κ2) is 10.9. The summed E-state index contributed by atoms with van der Waals surface area (Å²) >= 11 is 0. The van der Waals surface area contributed by atoms with E-state index in [2.05, 4.69) is 65.8 Å². The van der Waals surface area contributed by atoms with Gasteiger partial charge in [0.25, 0.3) is 0 Å². The molecule has 0 saturated heterocycles. The zero-order valence-corrected chi connectivity index (χ0v) is 16.5. The van der Waals surface area contributed by atoms with Crippen molar-refractivity contribution in [3.05, 3.63) is 57.6 Å². The van der Waals surface area contributed by atoms with Crippen LogP contribution < -0.4 is 24.8 Å². The summed E-state index contributed by atoms with van der Waals surface area (Å²) in [5, 5.41) is 0. The summed E-state index contributed by atoms with van der Waals surface area (Å²) in [4.78, 5) is 0. The van der Waals surface area contributed by atoms with Crippen LogP contribution in [-0.2, 0) is 26.2 Å². The molecule has 0 atom stereocenters.